The SMILES string of the molecule is C.NC(=O)c1c(N)ncnc1N1CCC(N)(C(=O)N[C@@H](CCO)c2ccc(Cl)cc2)CC1. The molecule has 0 unspecified atom stereocenters. The number of hydrogen-bond acceptors (Lipinski definition) is 8. The van der Waals surface area contributed by atoms with E-state index in [2.05, 4.69) is 15.3 Å². The number of carbonyl (C=O) groups is 2. The molecule has 1 aliphatic rings. The summed E-state index contributed by atoms with van der Waals surface area (Å²) in [5.41, 5.74) is 17.4. The first-order valence-corrected chi connectivity index (χ1v) is 10.2. The Labute approximate surface area is 192 Å². The third-order valence-corrected chi connectivity index (χ3v) is 5.76. The van der Waals surface area contributed by atoms with Gasteiger partial charge in [-0.25, -0.2) is 9.97 Å². The summed E-state index contributed by atoms with van der Waals surface area (Å²) in [6, 6.07) is 6.68. The number of hydrogen-bond donors (Lipinski definition) is 5. The standard InChI is InChI=1S/C20H26ClN7O3.CH4/c21-13-3-1-12(2-4-13)14(5-10-29)27-19(31)20(24)6-8-28(9-7-20)18-15(17(23)30)16(22)25-11-26-18;/h1-4,11,14,29H,5-10,24H2,(H2,23,30)(H,27,31)(H2,22,25,26);1H4/t14-;/m0./s1. The lowest BCUT2D eigenvalue weighted by Crippen LogP contribution is -2.60. The van der Waals surface area contributed by atoms with E-state index in [1.165, 1.54) is 6.33 Å². The van der Waals surface area contributed by atoms with Crippen LogP contribution in [0.4, 0.5) is 11.6 Å². The van der Waals surface area contributed by atoms with E-state index in [1.54, 1.807) is 24.3 Å². The van der Waals surface area contributed by atoms with E-state index in [0.29, 0.717) is 43.2 Å². The van der Waals surface area contributed by atoms with Crippen LogP contribution >= 0.6 is 11.6 Å². The van der Waals surface area contributed by atoms with Crippen molar-refractivity contribution in [2.75, 3.05) is 30.3 Å². The third-order valence-electron chi connectivity index (χ3n) is 5.51. The molecule has 1 aromatic heterocycles. The van der Waals surface area contributed by atoms with Crippen LogP contribution in [-0.4, -0.2) is 52.1 Å². The van der Waals surface area contributed by atoms with Crippen molar-refractivity contribution in [3.05, 3.63) is 46.7 Å². The number of aliphatic hydroxyl groups is 1. The lowest BCUT2D eigenvalue weighted by Gasteiger charge is -2.39. The van der Waals surface area contributed by atoms with E-state index < -0.39 is 17.5 Å². The average molecular weight is 464 g/mol. The number of aliphatic hydroxyl groups excluding tert-OH is 1. The Morgan fingerprint density at radius 2 is 1.84 bits per heavy atom. The second-order valence-corrected chi connectivity index (χ2v) is 7.99. The van der Waals surface area contributed by atoms with Gasteiger partial charge in [0.2, 0.25) is 5.91 Å². The Kier molecular flexibility index (Phi) is 8.37. The highest BCUT2D eigenvalue weighted by atomic mass is 35.5. The molecule has 2 heterocycles. The van der Waals surface area contributed by atoms with Crippen molar-refractivity contribution in [1.29, 1.82) is 0 Å². The zero-order chi connectivity index (χ0) is 22.6. The molecule has 1 fully saturated rings. The van der Waals surface area contributed by atoms with Gasteiger partial charge in [0.1, 0.15) is 23.5 Å². The predicted molar refractivity (Wildman–Crippen MR) is 124 cm³/mol. The van der Waals surface area contributed by atoms with Crippen molar-refractivity contribution in [2.24, 2.45) is 11.5 Å². The zero-order valence-corrected chi connectivity index (χ0v) is 17.7. The van der Waals surface area contributed by atoms with Crippen molar-refractivity contribution in [2.45, 2.75) is 38.3 Å². The van der Waals surface area contributed by atoms with Gasteiger partial charge in [0, 0.05) is 24.7 Å². The molecular formula is C21H30ClN7O3. The molecule has 8 N–H and O–H groups in total. The molecule has 3 rings (SSSR count). The third kappa shape index (κ3) is 5.45. The Morgan fingerprint density at radius 3 is 2.41 bits per heavy atom. The largest absolute Gasteiger partial charge is 0.396 e. The highest BCUT2D eigenvalue weighted by Gasteiger charge is 2.39. The average Bonchev–Trinajstić information content (AvgIpc) is 2.74. The van der Waals surface area contributed by atoms with E-state index >= 15 is 0 Å². The first-order chi connectivity index (χ1) is 14.7. The second-order valence-electron chi connectivity index (χ2n) is 7.55. The van der Waals surface area contributed by atoms with Crippen LogP contribution in [0.5, 0.6) is 0 Å². The molecule has 1 aromatic carbocycles. The van der Waals surface area contributed by atoms with Crippen molar-refractivity contribution < 1.29 is 14.7 Å². The Hall–Kier alpha value is -2.95. The number of primary amides is 1. The Morgan fingerprint density at radius 1 is 1.22 bits per heavy atom. The molecule has 1 aliphatic heterocycles. The van der Waals surface area contributed by atoms with Gasteiger partial charge in [-0.1, -0.05) is 31.2 Å². The summed E-state index contributed by atoms with van der Waals surface area (Å²) >= 11 is 5.94. The van der Waals surface area contributed by atoms with Gasteiger partial charge in [-0.05, 0) is 37.0 Å². The van der Waals surface area contributed by atoms with E-state index in [0.717, 1.165) is 5.56 Å². The summed E-state index contributed by atoms with van der Waals surface area (Å²) in [6.45, 7) is 0.669. The van der Waals surface area contributed by atoms with Crippen LogP contribution in [0.25, 0.3) is 0 Å². The molecule has 0 radical (unpaired) electrons. The van der Waals surface area contributed by atoms with Gasteiger partial charge < -0.3 is 32.5 Å². The summed E-state index contributed by atoms with van der Waals surface area (Å²) in [7, 11) is 0. The summed E-state index contributed by atoms with van der Waals surface area (Å²) in [5, 5.41) is 13.0. The Bertz CT molecular complexity index is 947. The maximum atomic E-state index is 13.0. The lowest BCUT2D eigenvalue weighted by atomic mass is 9.86. The number of piperidine rings is 1. The monoisotopic (exact) mass is 463 g/mol. The molecule has 0 spiro atoms. The number of nitrogen functional groups attached to an aromatic ring is 1. The van der Waals surface area contributed by atoms with Crippen molar-refractivity contribution >= 4 is 35.1 Å². The summed E-state index contributed by atoms with van der Waals surface area (Å²) in [5.74, 6) is -0.681. The fourth-order valence-corrected chi connectivity index (χ4v) is 3.78. The predicted octanol–water partition coefficient (Wildman–Crippen LogP) is 0.985. The second kappa shape index (κ2) is 10.6. The van der Waals surface area contributed by atoms with E-state index in [4.69, 9.17) is 28.8 Å². The topological polar surface area (TPSA) is 173 Å². The quantitative estimate of drug-likeness (QED) is 0.404. The molecule has 0 bridgehead atoms. The molecule has 0 aliphatic carbocycles. The smallest absolute Gasteiger partial charge is 0.256 e. The van der Waals surface area contributed by atoms with E-state index in [-0.39, 0.29) is 31.3 Å². The van der Waals surface area contributed by atoms with Crippen molar-refractivity contribution in [3.63, 3.8) is 0 Å². The minimum atomic E-state index is -1.11. The summed E-state index contributed by atoms with van der Waals surface area (Å²) < 4.78 is 0. The summed E-state index contributed by atoms with van der Waals surface area (Å²) in [6.07, 6.45) is 2.26. The van der Waals surface area contributed by atoms with Gasteiger partial charge in [0.05, 0.1) is 11.6 Å². The molecule has 0 saturated carbocycles. The van der Waals surface area contributed by atoms with Gasteiger partial charge in [-0.3, -0.25) is 9.59 Å². The number of rotatable bonds is 7. The number of aromatic nitrogens is 2. The van der Waals surface area contributed by atoms with Crippen LogP contribution in [0.15, 0.2) is 30.6 Å². The number of halogens is 1. The number of anilines is 2. The molecule has 11 heteroatoms. The molecule has 174 valence electrons. The maximum Gasteiger partial charge on any atom is 0.256 e. The number of nitrogens with one attached hydrogen (secondary N) is 1. The van der Waals surface area contributed by atoms with Crippen LogP contribution < -0.4 is 27.4 Å². The molecular weight excluding hydrogens is 434 g/mol. The van der Waals surface area contributed by atoms with E-state index in [9.17, 15) is 14.7 Å². The molecule has 32 heavy (non-hydrogen) atoms. The normalized spacial score (nSPS) is 16.0. The minimum Gasteiger partial charge on any atom is -0.396 e. The first-order valence-electron chi connectivity index (χ1n) is 9.86. The number of carbonyl (C=O) groups excluding carboxylic acids is 2. The van der Waals surface area contributed by atoms with Gasteiger partial charge in [0.25, 0.3) is 5.91 Å². The lowest BCUT2D eigenvalue weighted by molar-refractivity contribution is -0.128. The molecule has 1 saturated heterocycles. The maximum absolute atomic E-state index is 13.0. The van der Waals surface area contributed by atoms with Gasteiger partial charge in [-0.15, -0.1) is 0 Å². The minimum absolute atomic E-state index is 0. The fraction of sp³-hybridized carbons (Fsp3) is 0.429. The van der Waals surface area contributed by atoms with Gasteiger partial charge in [-0.2, -0.15) is 0 Å². The highest BCUT2D eigenvalue weighted by molar-refractivity contribution is 6.30. The number of nitrogens with zero attached hydrogens (tertiary/aromatic N) is 3. The molecule has 10 nitrogen and oxygen atoms in total. The van der Waals surface area contributed by atoms with Gasteiger partial charge in [0.15, 0.2) is 0 Å². The first kappa shape index (κ1) is 25.3. The molecule has 1 atom stereocenters. The Balaban J connectivity index is 0.00000363. The number of amides is 2. The number of benzene rings is 1. The van der Waals surface area contributed by atoms with E-state index in [1.807, 2.05) is 4.90 Å². The van der Waals surface area contributed by atoms with Crippen LogP contribution in [-0.2, 0) is 4.79 Å². The highest BCUT2D eigenvalue weighted by Crippen LogP contribution is 2.28. The summed E-state index contributed by atoms with van der Waals surface area (Å²) in [4.78, 5) is 34.6. The van der Waals surface area contributed by atoms with Crippen molar-refractivity contribution in [3.8, 4) is 0 Å². The number of nitrogens with two attached hydrogens (primary N) is 3. The van der Waals surface area contributed by atoms with Crippen LogP contribution in [0.2, 0.25) is 5.02 Å². The fourth-order valence-electron chi connectivity index (χ4n) is 3.66. The van der Waals surface area contributed by atoms with Crippen molar-refractivity contribution in [1.82, 2.24) is 15.3 Å². The zero-order valence-electron chi connectivity index (χ0n) is 16.9. The van der Waals surface area contributed by atoms with Gasteiger partial charge >= 0.3 is 0 Å². The molecule has 2 aromatic rings. The molecule has 2 amide bonds. The van der Waals surface area contributed by atoms with Crippen LogP contribution in [0.3, 0.4) is 0 Å². The van der Waals surface area contributed by atoms with Crippen LogP contribution in [0, 0.1) is 0 Å². The van der Waals surface area contributed by atoms with Crippen LogP contribution in [0.1, 0.15) is 48.7 Å².